The number of fused-ring (bicyclic) bond motifs is 1. The third-order valence-corrected chi connectivity index (χ3v) is 7.99. The molecule has 1 aliphatic carbocycles. The molecule has 2 N–H and O–H groups in total. The van der Waals surface area contributed by atoms with Gasteiger partial charge in [0.2, 0.25) is 5.91 Å². The molecule has 42 heavy (non-hydrogen) atoms. The van der Waals surface area contributed by atoms with Crippen LogP contribution in [0.2, 0.25) is 5.02 Å². The zero-order valence-electron chi connectivity index (χ0n) is 22.1. The molecule has 2 aliphatic rings. The van der Waals surface area contributed by atoms with Crippen molar-refractivity contribution in [1.29, 1.82) is 0 Å². The van der Waals surface area contributed by atoms with Gasteiger partial charge in [-0.1, -0.05) is 29.8 Å². The highest BCUT2D eigenvalue weighted by Crippen LogP contribution is 2.57. The molecule has 216 valence electrons. The third-order valence-electron chi connectivity index (χ3n) is 7.66. The van der Waals surface area contributed by atoms with Crippen LogP contribution in [0.4, 0.5) is 29.1 Å². The summed E-state index contributed by atoms with van der Waals surface area (Å²) in [7, 11) is 0. The van der Waals surface area contributed by atoms with E-state index in [2.05, 4.69) is 25.5 Å². The lowest BCUT2D eigenvalue weighted by Gasteiger charge is -2.33. The Morgan fingerprint density at radius 2 is 1.76 bits per heavy atom. The van der Waals surface area contributed by atoms with Gasteiger partial charge in [0.05, 0.1) is 21.7 Å². The van der Waals surface area contributed by atoms with Gasteiger partial charge in [0.25, 0.3) is 5.91 Å². The summed E-state index contributed by atoms with van der Waals surface area (Å²) in [6, 6.07) is 15.8. The number of benzene rings is 3. The van der Waals surface area contributed by atoms with Crippen LogP contribution in [-0.4, -0.2) is 41.0 Å². The maximum absolute atomic E-state index is 14.6. The molecule has 1 saturated carbocycles. The van der Waals surface area contributed by atoms with E-state index in [9.17, 15) is 27.2 Å². The second kappa shape index (κ2) is 10.5. The number of nitrogens with one attached hydrogen (secondary N) is 2. The smallest absolute Gasteiger partial charge is 0.356 e. The molecule has 12 heteroatoms. The summed E-state index contributed by atoms with van der Waals surface area (Å²) >= 11 is 6.28. The van der Waals surface area contributed by atoms with Gasteiger partial charge in [-0.25, -0.2) is 14.4 Å². The maximum Gasteiger partial charge on any atom is 0.403 e. The van der Waals surface area contributed by atoms with E-state index in [-0.39, 0.29) is 41.4 Å². The van der Waals surface area contributed by atoms with Crippen molar-refractivity contribution in [1.82, 2.24) is 15.3 Å². The molecule has 2 fully saturated rings. The van der Waals surface area contributed by atoms with E-state index >= 15 is 0 Å². The predicted octanol–water partition coefficient (Wildman–Crippen LogP) is 6.51. The van der Waals surface area contributed by atoms with Gasteiger partial charge in [0.1, 0.15) is 17.1 Å². The van der Waals surface area contributed by atoms with Crippen molar-refractivity contribution in [3.63, 3.8) is 0 Å². The Balaban J connectivity index is 1.24. The van der Waals surface area contributed by atoms with Crippen molar-refractivity contribution in [3.05, 3.63) is 82.6 Å². The average Bonchev–Trinajstić information content (AvgIpc) is 3.74. The van der Waals surface area contributed by atoms with Gasteiger partial charge < -0.3 is 15.5 Å². The number of rotatable bonds is 7. The Morgan fingerprint density at radius 3 is 2.43 bits per heavy atom. The lowest BCUT2D eigenvalue weighted by Crippen LogP contribution is -2.40. The van der Waals surface area contributed by atoms with E-state index in [4.69, 9.17) is 11.6 Å². The number of carbonyl (C=O) groups is 2. The Bertz CT molecular complexity index is 1720. The second-order valence-corrected chi connectivity index (χ2v) is 10.9. The summed E-state index contributed by atoms with van der Waals surface area (Å²) in [5.41, 5.74) is -0.678. The summed E-state index contributed by atoms with van der Waals surface area (Å²) in [5.74, 6) is -1.19. The fraction of sp³-hybridized carbons (Fsp3) is 0.267. The summed E-state index contributed by atoms with van der Waals surface area (Å²) in [6.45, 7) is 1.43. The fourth-order valence-electron chi connectivity index (χ4n) is 4.89. The summed E-state index contributed by atoms with van der Waals surface area (Å²) in [5, 5.41) is 5.98. The highest BCUT2D eigenvalue weighted by molar-refractivity contribution is 6.34. The first kappa shape index (κ1) is 27.9. The quantitative estimate of drug-likeness (QED) is 0.237. The van der Waals surface area contributed by atoms with Gasteiger partial charge in [0.15, 0.2) is 5.82 Å². The minimum atomic E-state index is -4.61. The predicted molar refractivity (Wildman–Crippen MR) is 151 cm³/mol. The van der Waals surface area contributed by atoms with E-state index in [1.165, 1.54) is 24.3 Å². The van der Waals surface area contributed by atoms with Gasteiger partial charge in [-0.3, -0.25) is 9.59 Å². The van der Waals surface area contributed by atoms with Crippen molar-refractivity contribution in [2.45, 2.75) is 32.0 Å². The molecule has 7 nitrogen and oxygen atoms in total. The molecule has 0 radical (unpaired) electrons. The van der Waals surface area contributed by atoms with Crippen molar-refractivity contribution in [2.24, 2.45) is 5.41 Å². The monoisotopic (exact) mass is 597 g/mol. The van der Waals surface area contributed by atoms with Crippen LogP contribution in [0.15, 0.2) is 60.7 Å². The van der Waals surface area contributed by atoms with Crippen LogP contribution in [0.25, 0.3) is 22.3 Å². The Kier molecular flexibility index (Phi) is 7.00. The molecule has 0 atom stereocenters. The molecule has 0 bridgehead atoms. The Labute approximate surface area is 242 Å². The number of hydrogen-bond acceptors (Lipinski definition) is 5. The molecule has 2 heterocycles. The number of hydrogen-bond donors (Lipinski definition) is 2. The van der Waals surface area contributed by atoms with Crippen LogP contribution in [0.1, 0.15) is 35.2 Å². The average molecular weight is 598 g/mol. The summed E-state index contributed by atoms with van der Waals surface area (Å²) in [6.07, 6.45) is -4.08. The Hall–Kier alpha value is -4.25. The highest BCUT2D eigenvalue weighted by Gasteiger charge is 2.68. The number of alkyl halides is 3. The van der Waals surface area contributed by atoms with Gasteiger partial charge >= 0.3 is 6.18 Å². The largest absolute Gasteiger partial charge is 0.403 e. The topological polar surface area (TPSA) is 87.2 Å². The SMILES string of the molecule is O=C(Nc1ccc2c(N3CCC3)nc(-c3ccccc3F)nc2c1)c1cc(CNC(=O)C2(C(F)(F)F)CC2)ccc1Cl. The zero-order valence-corrected chi connectivity index (χ0v) is 22.8. The summed E-state index contributed by atoms with van der Waals surface area (Å²) < 4.78 is 54.3. The van der Waals surface area contributed by atoms with Gasteiger partial charge in [0, 0.05) is 30.7 Å². The van der Waals surface area contributed by atoms with Crippen molar-refractivity contribution in [3.8, 4) is 11.4 Å². The molecule has 1 saturated heterocycles. The third kappa shape index (κ3) is 5.13. The van der Waals surface area contributed by atoms with E-state index in [0.717, 1.165) is 24.9 Å². The van der Waals surface area contributed by atoms with E-state index in [1.54, 1.807) is 36.4 Å². The zero-order chi connectivity index (χ0) is 29.6. The number of aromatic nitrogens is 2. The summed E-state index contributed by atoms with van der Waals surface area (Å²) in [4.78, 5) is 36.8. The number of halogens is 5. The normalized spacial score (nSPS) is 15.7. The molecular weight excluding hydrogens is 574 g/mol. The van der Waals surface area contributed by atoms with E-state index < -0.39 is 29.2 Å². The first-order valence-electron chi connectivity index (χ1n) is 13.3. The number of amides is 2. The highest BCUT2D eigenvalue weighted by atomic mass is 35.5. The molecule has 0 unspecified atom stereocenters. The lowest BCUT2D eigenvalue weighted by atomic mass is 10.1. The molecule has 1 aromatic heterocycles. The number of carbonyl (C=O) groups excluding carboxylic acids is 2. The number of anilines is 2. The van der Waals surface area contributed by atoms with Gasteiger partial charge in [-0.15, -0.1) is 0 Å². The standard InChI is InChI=1S/C30H24ClF4N5O2/c31-22-9-6-17(16-36-28(42)29(10-11-29)30(33,34)35)14-21(22)27(41)37-18-7-8-20-24(15-18)38-25(19-4-1-2-5-23(19)32)39-26(20)40-12-3-13-40/h1-2,4-9,14-15H,3,10-13,16H2,(H,36,42)(H,37,41). The van der Waals surface area contributed by atoms with Crippen molar-refractivity contribution >= 4 is 45.8 Å². The minimum Gasteiger partial charge on any atom is -0.356 e. The van der Waals surface area contributed by atoms with Crippen molar-refractivity contribution < 1.29 is 27.2 Å². The minimum absolute atomic E-state index is 0.0801. The molecule has 1 aliphatic heterocycles. The Morgan fingerprint density at radius 1 is 1.00 bits per heavy atom. The molecule has 6 rings (SSSR count). The van der Waals surface area contributed by atoms with Gasteiger partial charge in [-0.2, -0.15) is 13.2 Å². The molecule has 4 aromatic rings. The van der Waals surface area contributed by atoms with Crippen LogP contribution in [0.3, 0.4) is 0 Å². The van der Waals surface area contributed by atoms with Crippen LogP contribution >= 0.6 is 11.6 Å². The van der Waals surface area contributed by atoms with Crippen LogP contribution in [0, 0.1) is 11.2 Å². The molecule has 2 amide bonds. The van der Waals surface area contributed by atoms with Gasteiger partial charge in [-0.05, 0) is 67.3 Å². The van der Waals surface area contributed by atoms with Crippen molar-refractivity contribution in [2.75, 3.05) is 23.3 Å². The second-order valence-electron chi connectivity index (χ2n) is 10.5. The van der Waals surface area contributed by atoms with Crippen LogP contribution in [-0.2, 0) is 11.3 Å². The molecular formula is C30H24ClF4N5O2. The first-order chi connectivity index (χ1) is 20.1. The maximum atomic E-state index is 14.6. The molecule has 3 aromatic carbocycles. The fourth-order valence-corrected chi connectivity index (χ4v) is 5.10. The molecule has 0 spiro atoms. The number of nitrogens with zero attached hydrogens (tertiary/aromatic N) is 3. The van der Waals surface area contributed by atoms with E-state index in [1.807, 2.05) is 0 Å². The lowest BCUT2D eigenvalue weighted by molar-refractivity contribution is -0.192. The van der Waals surface area contributed by atoms with Crippen LogP contribution < -0.4 is 15.5 Å². The first-order valence-corrected chi connectivity index (χ1v) is 13.7. The van der Waals surface area contributed by atoms with E-state index in [0.29, 0.717) is 22.6 Å². The van der Waals surface area contributed by atoms with Crippen LogP contribution in [0.5, 0.6) is 0 Å².